The third-order valence-corrected chi connectivity index (χ3v) is 3.51. The largest absolute Gasteiger partial charge is 0.408 e. The van der Waals surface area contributed by atoms with Crippen LogP contribution in [0.4, 0.5) is 18.9 Å². The zero-order valence-electron chi connectivity index (χ0n) is 12.7. The maximum absolute atomic E-state index is 13.6. The van der Waals surface area contributed by atoms with E-state index >= 15 is 0 Å². The summed E-state index contributed by atoms with van der Waals surface area (Å²) in [5.74, 6) is 5.07. The van der Waals surface area contributed by atoms with Crippen LogP contribution >= 0.6 is 11.6 Å². The van der Waals surface area contributed by atoms with Crippen LogP contribution in [-0.4, -0.2) is 30.1 Å². The number of carbonyl (C=O) groups excluding carboxylic acids is 1. The van der Waals surface area contributed by atoms with E-state index < -0.39 is 18.1 Å². The summed E-state index contributed by atoms with van der Waals surface area (Å²) in [4.78, 5) is 12.9. The van der Waals surface area contributed by atoms with Gasteiger partial charge in [-0.15, -0.1) is 0 Å². The van der Waals surface area contributed by atoms with Gasteiger partial charge in [0.05, 0.1) is 13.1 Å². The second kappa shape index (κ2) is 6.81. The Labute approximate surface area is 137 Å². The Morgan fingerprint density at radius 3 is 2.74 bits per heavy atom. The van der Waals surface area contributed by atoms with E-state index in [-0.39, 0.29) is 35.3 Å². The van der Waals surface area contributed by atoms with Crippen LogP contribution in [0.15, 0.2) is 18.2 Å². The maximum atomic E-state index is 13.6. The number of nitrogens with one attached hydrogen (secondary N) is 1. The molecular weight excluding hydrogens is 329 g/mol. The van der Waals surface area contributed by atoms with E-state index in [0.717, 1.165) is 4.90 Å². The quantitative estimate of drug-likeness (QED) is 0.785. The molecule has 1 N–H and O–H groups in total. The minimum atomic E-state index is -4.55. The summed E-state index contributed by atoms with van der Waals surface area (Å²) in [7, 11) is 0. The van der Waals surface area contributed by atoms with Crippen LogP contribution in [0.5, 0.6) is 0 Å². The van der Waals surface area contributed by atoms with E-state index in [9.17, 15) is 18.0 Å². The molecule has 0 radical (unpaired) electrons. The van der Waals surface area contributed by atoms with Crippen LogP contribution in [0.1, 0.15) is 25.5 Å². The van der Waals surface area contributed by atoms with Crippen molar-refractivity contribution in [2.24, 2.45) is 5.92 Å². The molecule has 7 heteroatoms. The third kappa shape index (κ3) is 4.40. The average Bonchev–Trinajstić information content (AvgIpc) is 2.52. The predicted molar refractivity (Wildman–Crippen MR) is 83.1 cm³/mol. The maximum Gasteiger partial charge on any atom is 0.408 e. The van der Waals surface area contributed by atoms with E-state index in [1.54, 1.807) is 0 Å². The summed E-state index contributed by atoms with van der Waals surface area (Å²) in [6.07, 6.45) is -4.55. The lowest BCUT2D eigenvalue weighted by molar-refractivity contribution is -0.184. The van der Waals surface area contributed by atoms with Crippen molar-refractivity contribution >= 4 is 23.2 Å². The van der Waals surface area contributed by atoms with Crippen molar-refractivity contribution in [3.63, 3.8) is 0 Å². The molecule has 2 rings (SSSR count). The number of hydrogen-bond acceptors (Lipinski definition) is 2. The fraction of sp³-hybridized carbons (Fsp3) is 0.438. The molecule has 1 aliphatic heterocycles. The Balaban J connectivity index is 2.48. The molecule has 0 bridgehead atoms. The highest BCUT2D eigenvalue weighted by Gasteiger charge is 2.47. The minimum absolute atomic E-state index is 0.0434. The summed E-state index contributed by atoms with van der Waals surface area (Å²) < 4.78 is 40.9. The van der Waals surface area contributed by atoms with Gasteiger partial charge in [-0.05, 0) is 18.2 Å². The Morgan fingerprint density at radius 1 is 1.43 bits per heavy atom. The van der Waals surface area contributed by atoms with Gasteiger partial charge in [0.2, 0.25) is 5.91 Å². The second-order valence-electron chi connectivity index (χ2n) is 5.60. The smallest absolute Gasteiger partial charge is 0.325 e. The van der Waals surface area contributed by atoms with Crippen molar-refractivity contribution in [3.8, 4) is 11.8 Å². The van der Waals surface area contributed by atoms with E-state index in [4.69, 9.17) is 11.6 Å². The molecular formula is C16H16ClF3N2O. The van der Waals surface area contributed by atoms with Crippen molar-refractivity contribution in [2.45, 2.75) is 26.1 Å². The molecule has 3 nitrogen and oxygen atoms in total. The molecule has 1 heterocycles. The van der Waals surface area contributed by atoms with Gasteiger partial charge in [-0.2, -0.15) is 13.2 Å². The Hall–Kier alpha value is -1.71. The molecule has 1 atom stereocenters. The zero-order chi connectivity index (χ0) is 17.2. The number of carbonyl (C=O) groups is 1. The predicted octanol–water partition coefficient (Wildman–Crippen LogP) is 3.86. The molecule has 0 aromatic heterocycles. The first-order valence-corrected chi connectivity index (χ1v) is 7.44. The Kier molecular flexibility index (Phi) is 5.23. The Morgan fingerprint density at radius 2 is 2.13 bits per heavy atom. The number of fused-ring (bicyclic) bond motifs is 1. The monoisotopic (exact) mass is 344 g/mol. The van der Waals surface area contributed by atoms with Crippen molar-refractivity contribution in [1.82, 2.24) is 4.90 Å². The van der Waals surface area contributed by atoms with Crippen molar-refractivity contribution in [2.75, 3.05) is 18.4 Å². The second-order valence-corrected chi connectivity index (χ2v) is 6.04. The number of benzene rings is 1. The number of rotatable bonds is 1. The van der Waals surface area contributed by atoms with Gasteiger partial charge in [0.1, 0.15) is 6.04 Å². The molecule has 0 saturated heterocycles. The Bertz CT molecular complexity index is 662. The van der Waals surface area contributed by atoms with Crippen LogP contribution < -0.4 is 5.32 Å². The molecule has 0 saturated carbocycles. The first-order chi connectivity index (χ1) is 10.7. The molecule has 1 aromatic carbocycles. The van der Waals surface area contributed by atoms with Gasteiger partial charge < -0.3 is 5.32 Å². The topological polar surface area (TPSA) is 32.3 Å². The summed E-state index contributed by atoms with van der Waals surface area (Å²) in [5.41, 5.74) is 0.0586. The molecule has 23 heavy (non-hydrogen) atoms. The van der Waals surface area contributed by atoms with Gasteiger partial charge in [-0.1, -0.05) is 37.3 Å². The molecule has 0 fully saturated rings. The standard InChI is InChI=1S/C16H16ClF3N2O/c1-10(2)4-3-7-22-9-14(23)21-13-6-5-11(17)8-12(13)15(22)16(18,19)20/h5-6,8,10,15H,7,9H2,1-2H3,(H,21,23). The molecule has 0 spiro atoms. The van der Waals surface area contributed by atoms with Crippen LogP contribution in [0, 0.1) is 17.8 Å². The van der Waals surface area contributed by atoms with E-state index in [0.29, 0.717) is 0 Å². The number of amides is 1. The molecule has 1 unspecified atom stereocenters. The molecule has 0 aliphatic carbocycles. The fourth-order valence-electron chi connectivity index (χ4n) is 2.42. The highest BCUT2D eigenvalue weighted by molar-refractivity contribution is 6.30. The summed E-state index contributed by atoms with van der Waals surface area (Å²) in [5, 5.41) is 2.68. The fourth-order valence-corrected chi connectivity index (χ4v) is 2.60. The van der Waals surface area contributed by atoms with Crippen molar-refractivity contribution in [1.29, 1.82) is 0 Å². The van der Waals surface area contributed by atoms with Gasteiger partial charge >= 0.3 is 6.18 Å². The lowest BCUT2D eigenvalue weighted by Crippen LogP contribution is -2.40. The van der Waals surface area contributed by atoms with Gasteiger partial charge in [0, 0.05) is 22.2 Å². The minimum Gasteiger partial charge on any atom is -0.325 e. The first kappa shape index (κ1) is 17.6. The van der Waals surface area contributed by atoms with Gasteiger partial charge in [-0.3, -0.25) is 9.69 Å². The van der Waals surface area contributed by atoms with Crippen molar-refractivity contribution in [3.05, 3.63) is 28.8 Å². The van der Waals surface area contributed by atoms with Crippen LogP contribution in [0.25, 0.3) is 0 Å². The lowest BCUT2D eigenvalue weighted by atomic mass is 10.0. The SMILES string of the molecule is CC(C)C#CCN1CC(=O)Nc2ccc(Cl)cc2C1C(F)(F)F. The molecule has 124 valence electrons. The van der Waals surface area contributed by atoms with Crippen LogP contribution in [0.2, 0.25) is 5.02 Å². The van der Waals surface area contributed by atoms with Crippen molar-refractivity contribution < 1.29 is 18.0 Å². The summed E-state index contributed by atoms with van der Waals surface area (Å²) >= 11 is 5.85. The normalized spacial score (nSPS) is 18.7. The molecule has 1 aliphatic rings. The number of alkyl halides is 3. The number of halogens is 4. The van der Waals surface area contributed by atoms with Gasteiger partial charge in [-0.25, -0.2) is 0 Å². The van der Waals surface area contributed by atoms with Crippen LogP contribution in [-0.2, 0) is 4.79 Å². The number of hydrogen-bond donors (Lipinski definition) is 1. The molecule has 1 amide bonds. The highest BCUT2D eigenvalue weighted by Crippen LogP contribution is 2.42. The van der Waals surface area contributed by atoms with E-state index in [1.807, 2.05) is 13.8 Å². The van der Waals surface area contributed by atoms with E-state index in [2.05, 4.69) is 17.2 Å². The average molecular weight is 345 g/mol. The summed E-state index contributed by atoms with van der Waals surface area (Å²) in [6, 6.07) is 2.14. The zero-order valence-corrected chi connectivity index (χ0v) is 13.4. The molecule has 1 aromatic rings. The summed E-state index contributed by atoms with van der Waals surface area (Å²) in [6.45, 7) is 3.15. The third-order valence-electron chi connectivity index (χ3n) is 3.28. The number of nitrogens with zero attached hydrogens (tertiary/aromatic N) is 1. The number of anilines is 1. The van der Waals surface area contributed by atoms with Gasteiger partial charge in [0.25, 0.3) is 0 Å². The lowest BCUT2D eigenvalue weighted by Gasteiger charge is -2.30. The van der Waals surface area contributed by atoms with E-state index in [1.165, 1.54) is 18.2 Å². The highest BCUT2D eigenvalue weighted by atomic mass is 35.5. The van der Waals surface area contributed by atoms with Gasteiger partial charge in [0.15, 0.2) is 0 Å². The van der Waals surface area contributed by atoms with Crippen LogP contribution in [0.3, 0.4) is 0 Å². The first-order valence-electron chi connectivity index (χ1n) is 7.07.